The molecule has 10 heteroatoms. The molecular weight excluding hydrogens is 518 g/mol. The normalized spacial score (nSPS) is 19.2. The van der Waals surface area contributed by atoms with Crippen LogP contribution in [0.1, 0.15) is 28.5 Å². The topological polar surface area (TPSA) is 95.8 Å². The quantitative estimate of drug-likeness (QED) is 0.464. The molecule has 0 spiro atoms. The molecule has 210 valence electrons. The average Bonchev–Trinajstić information content (AvgIpc) is 3.43. The Kier molecular flexibility index (Phi) is 8.64. The van der Waals surface area contributed by atoms with Crippen molar-refractivity contribution in [2.75, 3.05) is 51.2 Å². The summed E-state index contributed by atoms with van der Waals surface area (Å²) in [5.41, 5.74) is 2.54. The minimum Gasteiger partial charge on any atom is -0.486 e. The number of piperazine rings is 1. The standard InChI is InChI=1S/C31H33N7O3/c1-4-14-36-16-18-37(19-17-36)15-8-11-24-12-13-28-27(20-24)35(3)31(40)29(23(2)41-28)32-30(39)26-22-38(34-33-26)21-25-9-6-5-7-10-25/h1,5-7,9-10,12-13,20,22-23,29H,14-19,21H2,2-3H3,(H,32,39)/t23-,29+/m1/s1. The third-order valence-corrected chi connectivity index (χ3v) is 7.26. The van der Waals surface area contributed by atoms with Gasteiger partial charge in [0, 0.05) is 38.8 Å². The Morgan fingerprint density at radius 2 is 1.83 bits per heavy atom. The predicted octanol–water partition coefficient (Wildman–Crippen LogP) is 1.47. The fourth-order valence-corrected chi connectivity index (χ4v) is 4.89. The van der Waals surface area contributed by atoms with Crippen LogP contribution in [0.25, 0.3) is 0 Å². The smallest absolute Gasteiger partial charge is 0.274 e. The van der Waals surface area contributed by atoms with Crippen molar-refractivity contribution >= 4 is 17.5 Å². The number of carbonyl (C=O) groups excluding carboxylic acids is 2. The number of amides is 2. The van der Waals surface area contributed by atoms with Crippen molar-refractivity contribution in [1.82, 2.24) is 30.1 Å². The first-order valence-electron chi connectivity index (χ1n) is 13.6. The van der Waals surface area contributed by atoms with Crippen molar-refractivity contribution in [3.05, 3.63) is 71.5 Å². The van der Waals surface area contributed by atoms with Gasteiger partial charge >= 0.3 is 0 Å². The molecule has 2 amide bonds. The average molecular weight is 552 g/mol. The summed E-state index contributed by atoms with van der Waals surface area (Å²) in [5.74, 6) is 8.91. The molecule has 2 aliphatic heterocycles. The molecule has 5 rings (SSSR count). The highest BCUT2D eigenvalue weighted by molar-refractivity contribution is 6.03. The number of terminal acetylenes is 1. The van der Waals surface area contributed by atoms with Crippen LogP contribution in [-0.4, -0.2) is 95.1 Å². The number of aromatic nitrogens is 3. The third-order valence-electron chi connectivity index (χ3n) is 7.26. The van der Waals surface area contributed by atoms with Crippen LogP contribution in [0.2, 0.25) is 0 Å². The number of nitrogens with zero attached hydrogens (tertiary/aromatic N) is 6. The first-order valence-corrected chi connectivity index (χ1v) is 13.6. The molecule has 41 heavy (non-hydrogen) atoms. The Morgan fingerprint density at radius 1 is 1.10 bits per heavy atom. The van der Waals surface area contributed by atoms with Gasteiger partial charge in [0.1, 0.15) is 17.9 Å². The lowest BCUT2D eigenvalue weighted by atomic mass is 10.1. The summed E-state index contributed by atoms with van der Waals surface area (Å²) in [5, 5.41) is 10.9. The summed E-state index contributed by atoms with van der Waals surface area (Å²) >= 11 is 0. The molecule has 2 aromatic carbocycles. The van der Waals surface area contributed by atoms with Crippen LogP contribution in [0.15, 0.2) is 54.7 Å². The van der Waals surface area contributed by atoms with E-state index in [4.69, 9.17) is 11.2 Å². The predicted molar refractivity (Wildman–Crippen MR) is 155 cm³/mol. The summed E-state index contributed by atoms with van der Waals surface area (Å²) in [7, 11) is 1.67. The van der Waals surface area contributed by atoms with Gasteiger partial charge in [-0.3, -0.25) is 19.4 Å². The molecular formula is C31H33N7O3. The largest absolute Gasteiger partial charge is 0.486 e. The second-order valence-electron chi connectivity index (χ2n) is 10.2. The number of carbonyl (C=O) groups is 2. The van der Waals surface area contributed by atoms with Crippen LogP contribution in [0.3, 0.4) is 0 Å². The molecule has 0 unspecified atom stereocenters. The minimum absolute atomic E-state index is 0.125. The zero-order chi connectivity index (χ0) is 28.8. The van der Waals surface area contributed by atoms with Crippen molar-refractivity contribution < 1.29 is 14.3 Å². The SMILES string of the molecule is C#CCN1CCN(CC#Cc2ccc3c(c2)N(C)C(=O)[C@@H](NC(=O)c2cn(Cc4ccccc4)nn2)[C@@H](C)O3)CC1. The van der Waals surface area contributed by atoms with E-state index in [1.807, 2.05) is 48.5 Å². The van der Waals surface area contributed by atoms with E-state index >= 15 is 0 Å². The molecule has 1 aromatic heterocycles. The molecule has 0 saturated carbocycles. The first-order chi connectivity index (χ1) is 19.9. The van der Waals surface area contributed by atoms with E-state index in [-0.39, 0.29) is 11.6 Å². The van der Waals surface area contributed by atoms with Crippen molar-refractivity contribution in [3.63, 3.8) is 0 Å². The van der Waals surface area contributed by atoms with Gasteiger partial charge in [-0.15, -0.1) is 11.5 Å². The fourth-order valence-electron chi connectivity index (χ4n) is 4.89. The van der Waals surface area contributed by atoms with Gasteiger partial charge < -0.3 is 15.0 Å². The zero-order valence-corrected chi connectivity index (χ0v) is 23.3. The summed E-state index contributed by atoms with van der Waals surface area (Å²) in [4.78, 5) is 32.6. The molecule has 3 aromatic rings. The lowest BCUT2D eigenvalue weighted by molar-refractivity contribution is -0.121. The second-order valence-corrected chi connectivity index (χ2v) is 10.2. The van der Waals surface area contributed by atoms with Gasteiger partial charge in [-0.25, -0.2) is 4.68 Å². The molecule has 3 heterocycles. The minimum atomic E-state index is -0.915. The van der Waals surface area contributed by atoms with Crippen LogP contribution in [0.5, 0.6) is 5.75 Å². The van der Waals surface area contributed by atoms with Crippen LogP contribution in [-0.2, 0) is 11.3 Å². The van der Waals surface area contributed by atoms with Gasteiger partial charge in [0.2, 0.25) is 0 Å². The molecule has 1 N–H and O–H groups in total. The van der Waals surface area contributed by atoms with Crippen molar-refractivity contribution in [3.8, 4) is 29.9 Å². The Bertz CT molecular complexity index is 1490. The van der Waals surface area contributed by atoms with Gasteiger partial charge in [-0.1, -0.05) is 53.3 Å². The van der Waals surface area contributed by atoms with E-state index in [1.165, 1.54) is 4.90 Å². The Morgan fingerprint density at radius 3 is 2.56 bits per heavy atom. The highest BCUT2D eigenvalue weighted by Crippen LogP contribution is 2.33. The van der Waals surface area contributed by atoms with Crippen LogP contribution < -0.4 is 15.0 Å². The number of rotatable bonds is 6. The molecule has 0 bridgehead atoms. The van der Waals surface area contributed by atoms with E-state index in [2.05, 4.69) is 43.2 Å². The number of nitrogens with one attached hydrogen (secondary N) is 1. The van der Waals surface area contributed by atoms with Crippen LogP contribution in [0.4, 0.5) is 5.69 Å². The van der Waals surface area contributed by atoms with E-state index < -0.39 is 18.1 Å². The number of hydrogen-bond donors (Lipinski definition) is 1. The number of likely N-dealkylation sites (N-methyl/N-ethyl adjacent to an activating group) is 1. The van der Waals surface area contributed by atoms with E-state index in [9.17, 15) is 9.59 Å². The Hall–Kier alpha value is -4.64. The fraction of sp³-hybridized carbons (Fsp3) is 0.355. The van der Waals surface area contributed by atoms with E-state index in [0.29, 0.717) is 31.1 Å². The third kappa shape index (κ3) is 6.75. The zero-order valence-electron chi connectivity index (χ0n) is 23.3. The van der Waals surface area contributed by atoms with Crippen molar-refractivity contribution in [2.24, 2.45) is 0 Å². The Labute approximate surface area is 240 Å². The molecule has 2 atom stereocenters. The molecule has 10 nitrogen and oxygen atoms in total. The number of hydrogen-bond acceptors (Lipinski definition) is 7. The number of benzene rings is 2. The van der Waals surface area contributed by atoms with Crippen LogP contribution in [0, 0.1) is 24.2 Å². The number of fused-ring (bicyclic) bond motifs is 1. The molecule has 0 aliphatic carbocycles. The van der Waals surface area contributed by atoms with Crippen LogP contribution >= 0.6 is 0 Å². The lowest BCUT2D eigenvalue weighted by Gasteiger charge is -2.32. The first kappa shape index (κ1) is 27.9. The second kappa shape index (κ2) is 12.7. The molecule has 1 saturated heterocycles. The summed E-state index contributed by atoms with van der Waals surface area (Å²) in [6, 6.07) is 14.4. The van der Waals surface area contributed by atoms with Crippen molar-refractivity contribution in [2.45, 2.75) is 25.6 Å². The number of ether oxygens (including phenoxy) is 1. The van der Waals surface area contributed by atoms with E-state index in [1.54, 1.807) is 24.9 Å². The van der Waals surface area contributed by atoms with Gasteiger partial charge in [-0.05, 0) is 30.7 Å². The Balaban J connectivity index is 1.22. The monoisotopic (exact) mass is 551 g/mol. The molecule has 2 aliphatic rings. The van der Waals surface area contributed by atoms with E-state index in [0.717, 1.165) is 37.3 Å². The highest BCUT2D eigenvalue weighted by atomic mass is 16.5. The number of anilines is 1. The maximum absolute atomic E-state index is 13.5. The highest BCUT2D eigenvalue weighted by Gasteiger charge is 2.36. The molecule has 0 radical (unpaired) electrons. The molecule has 1 fully saturated rings. The lowest BCUT2D eigenvalue weighted by Crippen LogP contribution is -2.53. The van der Waals surface area contributed by atoms with Crippen molar-refractivity contribution in [1.29, 1.82) is 0 Å². The summed E-state index contributed by atoms with van der Waals surface area (Å²) < 4.78 is 7.71. The van der Waals surface area contributed by atoms with Gasteiger partial charge in [-0.2, -0.15) is 0 Å². The maximum atomic E-state index is 13.5. The van der Waals surface area contributed by atoms with Gasteiger partial charge in [0.15, 0.2) is 5.69 Å². The summed E-state index contributed by atoms with van der Waals surface area (Å²) in [6.45, 7) is 7.33. The maximum Gasteiger partial charge on any atom is 0.274 e. The van der Waals surface area contributed by atoms with Gasteiger partial charge in [0.05, 0.1) is 31.5 Å². The summed E-state index contributed by atoms with van der Waals surface area (Å²) in [6.07, 6.45) is 6.37. The van der Waals surface area contributed by atoms with Gasteiger partial charge in [0.25, 0.3) is 11.8 Å².